The quantitative estimate of drug-likeness (QED) is 0.896. The van der Waals surface area contributed by atoms with Crippen molar-refractivity contribution in [3.05, 3.63) is 36.1 Å². The molecule has 1 atom stereocenters. The second kappa shape index (κ2) is 7.57. The average Bonchev–Trinajstić information content (AvgIpc) is 3.06. The topological polar surface area (TPSA) is 70.8 Å². The van der Waals surface area contributed by atoms with Gasteiger partial charge in [-0.25, -0.2) is 0 Å². The standard InChI is InChI=1S/C18H24N4O3/c1-13-11-17(20-25-13)19-18(23)14(2)21-7-9-22(10-8-21)15-5-4-6-16(12-15)24-3/h4-6,11-12,14H,7-10H2,1-3H3,(H,19,20,23). The number of methoxy groups -OCH3 is 1. The van der Waals surface area contributed by atoms with Crippen molar-refractivity contribution in [3.8, 4) is 5.75 Å². The highest BCUT2D eigenvalue weighted by atomic mass is 16.5. The van der Waals surface area contributed by atoms with Crippen LogP contribution in [0.15, 0.2) is 34.9 Å². The van der Waals surface area contributed by atoms with Crippen molar-refractivity contribution in [2.75, 3.05) is 43.5 Å². The van der Waals surface area contributed by atoms with Gasteiger partial charge in [0, 0.05) is 44.0 Å². The number of carbonyl (C=O) groups excluding carboxylic acids is 1. The fraction of sp³-hybridized carbons (Fsp3) is 0.444. The minimum atomic E-state index is -0.218. The lowest BCUT2D eigenvalue weighted by Crippen LogP contribution is -2.52. The van der Waals surface area contributed by atoms with E-state index in [9.17, 15) is 4.79 Å². The Labute approximate surface area is 147 Å². The molecule has 1 aliphatic heterocycles. The van der Waals surface area contributed by atoms with Crippen LogP contribution in [0.5, 0.6) is 5.75 Å². The normalized spacial score (nSPS) is 16.5. The number of piperazine rings is 1. The molecule has 7 heteroatoms. The van der Waals surface area contributed by atoms with E-state index in [1.807, 2.05) is 25.1 Å². The van der Waals surface area contributed by atoms with Gasteiger partial charge in [-0.15, -0.1) is 0 Å². The van der Waals surface area contributed by atoms with Gasteiger partial charge in [-0.05, 0) is 26.0 Å². The maximum absolute atomic E-state index is 12.4. The van der Waals surface area contributed by atoms with Gasteiger partial charge in [0.25, 0.3) is 0 Å². The first-order chi connectivity index (χ1) is 12.1. The van der Waals surface area contributed by atoms with Crippen LogP contribution in [0.1, 0.15) is 12.7 Å². The zero-order valence-electron chi connectivity index (χ0n) is 14.9. The molecule has 1 saturated heterocycles. The Morgan fingerprint density at radius 3 is 2.68 bits per heavy atom. The SMILES string of the molecule is COc1cccc(N2CCN(C(C)C(=O)Nc3cc(C)on3)CC2)c1. The van der Waals surface area contributed by atoms with Gasteiger partial charge in [0.1, 0.15) is 11.5 Å². The van der Waals surface area contributed by atoms with Crippen molar-refractivity contribution >= 4 is 17.4 Å². The molecule has 25 heavy (non-hydrogen) atoms. The van der Waals surface area contributed by atoms with Crippen LogP contribution in [0.2, 0.25) is 0 Å². The molecule has 1 aromatic heterocycles. The van der Waals surface area contributed by atoms with Crippen LogP contribution in [0.4, 0.5) is 11.5 Å². The maximum Gasteiger partial charge on any atom is 0.242 e. The number of ether oxygens (including phenoxy) is 1. The first kappa shape index (κ1) is 17.3. The van der Waals surface area contributed by atoms with E-state index in [-0.39, 0.29) is 11.9 Å². The smallest absolute Gasteiger partial charge is 0.242 e. The summed E-state index contributed by atoms with van der Waals surface area (Å²) in [7, 11) is 1.67. The fourth-order valence-corrected chi connectivity index (χ4v) is 3.00. The number of amides is 1. The molecule has 0 aliphatic carbocycles. The molecule has 1 fully saturated rings. The van der Waals surface area contributed by atoms with Gasteiger partial charge < -0.3 is 19.5 Å². The summed E-state index contributed by atoms with van der Waals surface area (Å²) in [6.07, 6.45) is 0. The van der Waals surface area contributed by atoms with Crippen LogP contribution in [-0.4, -0.2) is 55.3 Å². The number of benzene rings is 1. The lowest BCUT2D eigenvalue weighted by atomic mass is 10.2. The number of aryl methyl sites for hydroxylation is 1. The zero-order valence-corrected chi connectivity index (χ0v) is 14.9. The van der Waals surface area contributed by atoms with E-state index in [2.05, 4.69) is 26.3 Å². The second-order valence-corrected chi connectivity index (χ2v) is 6.21. The molecule has 0 spiro atoms. The molecule has 0 radical (unpaired) electrons. The van der Waals surface area contributed by atoms with Crippen molar-refractivity contribution in [2.45, 2.75) is 19.9 Å². The van der Waals surface area contributed by atoms with Crippen LogP contribution in [0.25, 0.3) is 0 Å². The van der Waals surface area contributed by atoms with Gasteiger partial charge in [-0.1, -0.05) is 11.2 Å². The molecule has 0 saturated carbocycles. The van der Waals surface area contributed by atoms with E-state index < -0.39 is 0 Å². The average molecular weight is 344 g/mol. The number of hydrogen-bond acceptors (Lipinski definition) is 6. The van der Waals surface area contributed by atoms with Crippen LogP contribution >= 0.6 is 0 Å². The van der Waals surface area contributed by atoms with Gasteiger partial charge in [0.2, 0.25) is 5.91 Å². The van der Waals surface area contributed by atoms with Gasteiger partial charge in [0.05, 0.1) is 13.2 Å². The highest BCUT2D eigenvalue weighted by Gasteiger charge is 2.26. The Kier molecular flexibility index (Phi) is 5.23. The van der Waals surface area contributed by atoms with Gasteiger partial charge in [-0.2, -0.15) is 0 Å². The zero-order chi connectivity index (χ0) is 17.8. The molecule has 1 aromatic carbocycles. The van der Waals surface area contributed by atoms with Gasteiger partial charge >= 0.3 is 0 Å². The molecular formula is C18H24N4O3. The first-order valence-corrected chi connectivity index (χ1v) is 8.44. The van der Waals surface area contributed by atoms with Crippen molar-refractivity contribution in [1.29, 1.82) is 0 Å². The number of hydrogen-bond donors (Lipinski definition) is 1. The largest absolute Gasteiger partial charge is 0.497 e. The minimum absolute atomic E-state index is 0.0665. The Bertz CT molecular complexity index is 723. The third-order valence-electron chi connectivity index (χ3n) is 4.54. The van der Waals surface area contributed by atoms with Crippen LogP contribution in [0, 0.1) is 6.92 Å². The summed E-state index contributed by atoms with van der Waals surface area (Å²) < 4.78 is 10.3. The summed E-state index contributed by atoms with van der Waals surface area (Å²) in [6.45, 7) is 7.10. The lowest BCUT2D eigenvalue weighted by molar-refractivity contribution is -0.120. The highest BCUT2D eigenvalue weighted by molar-refractivity contribution is 5.93. The van der Waals surface area contributed by atoms with E-state index in [0.29, 0.717) is 11.6 Å². The van der Waals surface area contributed by atoms with E-state index in [0.717, 1.165) is 37.6 Å². The van der Waals surface area contributed by atoms with Crippen molar-refractivity contribution < 1.29 is 14.1 Å². The van der Waals surface area contributed by atoms with E-state index in [1.165, 1.54) is 0 Å². The number of anilines is 2. The highest BCUT2D eigenvalue weighted by Crippen LogP contribution is 2.22. The molecule has 1 unspecified atom stereocenters. The summed E-state index contributed by atoms with van der Waals surface area (Å²) in [5.41, 5.74) is 1.15. The Morgan fingerprint density at radius 2 is 2.04 bits per heavy atom. The molecule has 7 nitrogen and oxygen atoms in total. The molecule has 1 amide bonds. The minimum Gasteiger partial charge on any atom is -0.497 e. The first-order valence-electron chi connectivity index (χ1n) is 8.44. The van der Waals surface area contributed by atoms with Crippen LogP contribution in [-0.2, 0) is 4.79 Å². The molecule has 0 bridgehead atoms. The molecule has 1 N–H and O–H groups in total. The number of aromatic nitrogens is 1. The fourth-order valence-electron chi connectivity index (χ4n) is 3.00. The Balaban J connectivity index is 1.55. The van der Waals surface area contributed by atoms with Crippen molar-refractivity contribution in [1.82, 2.24) is 10.1 Å². The number of nitrogens with one attached hydrogen (secondary N) is 1. The predicted molar refractivity (Wildman–Crippen MR) is 96.1 cm³/mol. The summed E-state index contributed by atoms with van der Waals surface area (Å²) in [4.78, 5) is 16.9. The Hall–Kier alpha value is -2.54. The number of nitrogens with zero attached hydrogens (tertiary/aromatic N) is 3. The van der Waals surface area contributed by atoms with Crippen LogP contribution in [0.3, 0.4) is 0 Å². The molecule has 3 rings (SSSR count). The molecule has 134 valence electrons. The third kappa shape index (κ3) is 4.11. The van der Waals surface area contributed by atoms with Crippen molar-refractivity contribution in [2.24, 2.45) is 0 Å². The molecular weight excluding hydrogens is 320 g/mol. The summed E-state index contributed by atoms with van der Waals surface area (Å²) >= 11 is 0. The predicted octanol–water partition coefficient (Wildman–Crippen LogP) is 2.14. The van der Waals surface area contributed by atoms with E-state index >= 15 is 0 Å². The van der Waals surface area contributed by atoms with E-state index in [1.54, 1.807) is 20.1 Å². The third-order valence-corrected chi connectivity index (χ3v) is 4.54. The van der Waals surface area contributed by atoms with Crippen LogP contribution < -0.4 is 15.0 Å². The monoisotopic (exact) mass is 344 g/mol. The Morgan fingerprint density at radius 1 is 1.28 bits per heavy atom. The number of rotatable bonds is 5. The van der Waals surface area contributed by atoms with Gasteiger partial charge in [-0.3, -0.25) is 9.69 Å². The lowest BCUT2D eigenvalue weighted by Gasteiger charge is -2.38. The summed E-state index contributed by atoms with van der Waals surface area (Å²) in [6, 6.07) is 9.56. The maximum atomic E-state index is 12.4. The summed E-state index contributed by atoms with van der Waals surface area (Å²) in [5, 5.41) is 6.61. The van der Waals surface area contributed by atoms with E-state index in [4.69, 9.17) is 9.26 Å². The second-order valence-electron chi connectivity index (χ2n) is 6.21. The molecule has 1 aliphatic rings. The van der Waals surface area contributed by atoms with Gasteiger partial charge in [0.15, 0.2) is 5.82 Å². The van der Waals surface area contributed by atoms with Crippen molar-refractivity contribution in [3.63, 3.8) is 0 Å². The summed E-state index contributed by atoms with van der Waals surface area (Å²) in [5.74, 6) is 1.93. The molecule has 2 heterocycles. The molecule has 2 aromatic rings. The number of carbonyl (C=O) groups is 1.